The fraction of sp³-hybridized carbons (Fsp3) is 0.571. The lowest BCUT2D eigenvalue weighted by Gasteiger charge is -2.27. The first kappa shape index (κ1) is 12.6. The summed E-state index contributed by atoms with van der Waals surface area (Å²) in [5.41, 5.74) is 1.13. The molecule has 0 radical (unpaired) electrons. The van der Waals surface area contributed by atoms with E-state index in [1.165, 1.54) is 19.3 Å². The Morgan fingerprint density at radius 1 is 1.26 bits per heavy atom. The number of hydrogen-bond donors (Lipinski definition) is 0. The smallest absolute Gasteiger partial charge is 0.269 e. The molecule has 0 aromatic heterocycles. The number of nitro groups is 1. The molecule has 1 aromatic rings. The van der Waals surface area contributed by atoms with Crippen LogP contribution in [-0.4, -0.2) is 29.0 Å². The summed E-state index contributed by atoms with van der Waals surface area (Å²) in [4.78, 5) is 12.6. The third kappa shape index (κ3) is 2.24. The second-order valence-electron chi connectivity index (χ2n) is 5.39. The molecule has 2 aliphatic rings. The van der Waals surface area contributed by atoms with Crippen molar-refractivity contribution in [1.29, 1.82) is 0 Å². The van der Waals surface area contributed by atoms with Crippen LogP contribution in [0.2, 0.25) is 0 Å². The van der Waals surface area contributed by atoms with Gasteiger partial charge in [-0.3, -0.25) is 15.0 Å². The van der Waals surface area contributed by atoms with Crippen molar-refractivity contribution >= 4 is 5.69 Å². The molecule has 1 aliphatic heterocycles. The van der Waals surface area contributed by atoms with Crippen molar-refractivity contribution in [2.24, 2.45) is 0 Å². The number of ether oxygens (including phenoxy) is 1. The van der Waals surface area contributed by atoms with E-state index < -0.39 is 0 Å². The van der Waals surface area contributed by atoms with Gasteiger partial charge in [0.2, 0.25) is 0 Å². The number of nitro benzene ring substituents is 1. The first-order chi connectivity index (χ1) is 9.16. The van der Waals surface area contributed by atoms with Gasteiger partial charge in [0.1, 0.15) is 6.23 Å². The quantitative estimate of drug-likeness (QED) is 0.607. The van der Waals surface area contributed by atoms with Crippen molar-refractivity contribution in [3.05, 3.63) is 39.9 Å². The van der Waals surface area contributed by atoms with Crippen molar-refractivity contribution in [2.75, 3.05) is 7.05 Å². The Hall–Kier alpha value is -1.46. The third-order valence-corrected chi connectivity index (χ3v) is 4.25. The van der Waals surface area contributed by atoms with Crippen LogP contribution in [0.5, 0.6) is 0 Å². The number of non-ortho nitro benzene ring substituents is 1. The highest BCUT2D eigenvalue weighted by molar-refractivity contribution is 5.34. The second kappa shape index (κ2) is 4.90. The minimum atomic E-state index is -0.372. The Morgan fingerprint density at radius 2 is 1.95 bits per heavy atom. The van der Waals surface area contributed by atoms with Gasteiger partial charge in [-0.15, -0.1) is 0 Å². The fourth-order valence-electron chi connectivity index (χ4n) is 3.21. The molecule has 0 amide bonds. The summed E-state index contributed by atoms with van der Waals surface area (Å²) in [5.74, 6) is 0. The molecule has 1 heterocycles. The van der Waals surface area contributed by atoms with Crippen molar-refractivity contribution in [2.45, 2.75) is 44.1 Å². The first-order valence-electron chi connectivity index (χ1n) is 6.78. The van der Waals surface area contributed by atoms with Crippen molar-refractivity contribution in [3.63, 3.8) is 0 Å². The molecule has 3 rings (SSSR count). The van der Waals surface area contributed by atoms with Crippen molar-refractivity contribution in [1.82, 2.24) is 4.90 Å². The summed E-state index contributed by atoms with van der Waals surface area (Å²) in [6.45, 7) is 0. The van der Waals surface area contributed by atoms with Gasteiger partial charge >= 0.3 is 0 Å². The molecule has 1 saturated heterocycles. The van der Waals surface area contributed by atoms with Gasteiger partial charge in [-0.25, -0.2) is 0 Å². The Kier molecular flexibility index (Phi) is 3.24. The fourth-order valence-corrected chi connectivity index (χ4v) is 3.21. The van der Waals surface area contributed by atoms with Gasteiger partial charge in [-0.2, -0.15) is 0 Å². The van der Waals surface area contributed by atoms with Crippen LogP contribution in [0, 0.1) is 10.1 Å². The van der Waals surface area contributed by atoms with Crippen LogP contribution in [0.15, 0.2) is 24.3 Å². The number of nitrogens with zero attached hydrogens (tertiary/aromatic N) is 2. The standard InChI is InChI=1S/C14H18N2O3/c1-15-12-4-2-3-5-13(12)19-14(15)10-6-8-11(9-7-10)16(17)18/h6-9,12-14H,2-5H2,1H3/t12-,13+,14+/m0/s1. The maximum Gasteiger partial charge on any atom is 0.269 e. The van der Waals surface area contributed by atoms with E-state index in [0.29, 0.717) is 12.1 Å². The van der Waals surface area contributed by atoms with Gasteiger partial charge in [0, 0.05) is 18.2 Å². The van der Waals surface area contributed by atoms with Crippen LogP contribution in [0.4, 0.5) is 5.69 Å². The lowest BCUT2D eigenvalue weighted by Crippen LogP contribution is -2.35. The van der Waals surface area contributed by atoms with Gasteiger partial charge < -0.3 is 4.74 Å². The number of benzene rings is 1. The Morgan fingerprint density at radius 3 is 2.58 bits per heavy atom. The van der Waals surface area contributed by atoms with Crippen molar-refractivity contribution < 1.29 is 9.66 Å². The van der Waals surface area contributed by atoms with Gasteiger partial charge in [0.05, 0.1) is 11.0 Å². The highest BCUT2D eigenvalue weighted by Crippen LogP contribution is 2.39. The lowest BCUT2D eigenvalue weighted by atomic mass is 9.92. The molecule has 3 atom stereocenters. The minimum absolute atomic E-state index is 0.0612. The molecule has 5 heteroatoms. The van der Waals surface area contributed by atoms with Gasteiger partial charge in [0.25, 0.3) is 5.69 Å². The normalized spacial score (nSPS) is 31.1. The van der Waals surface area contributed by atoms with E-state index in [0.717, 1.165) is 12.0 Å². The summed E-state index contributed by atoms with van der Waals surface area (Å²) in [7, 11) is 2.09. The molecule has 2 fully saturated rings. The first-order valence-corrected chi connectivity index (χ1v) is 6.78. The largest absolute Gasteiger partial charge is 0.354 e. The molecule has 1 aliphatic carbocycles. The van der Waals surface area contributed by atoms with Gasteiger partial charge in [0.15, 0.2) is 0 Å². The number of rotatable bonds is 2. The molecule has 0 spiro atoms. The molecule has 19 heavy (non-hydrogen) atoms. The van der Waals surface area contributed by atoms with Crippen LogP contribution in [-0.2, 0) is 4.74 Å². The molecular formula is C14H18N2O3. The van der Waals surface area contributed by atoms with E-state index in [1.54, 1.807) is 24.3 Å². The van der Waals surface area contributed by atoms with E-state index in [4.69, 9.17) is 4.74 Å². The predicted octanol–water partition coefficient (Wildman–Crippen LogP) is 2.87. The highest BCUT2D eigenvalue weighted by Gasteiger charge is 2.41. The zero-order valence-electron chi connectivity index (χ0n) is 11.0. The Labute approximate surface area is 112 Å². The SMILES string of the molecule is CN1[C@@H](c2ccc([N+](=O)[O-])cc2)O[C@@H]2CCCC[C@@H]21. The molecule has 102 valence electrons. The van der Waals surface area contributed by atoms with E-state index in [2.05, 4.69) is 11.9 Å². The number of hydrogen-bond acceptors (Lipinski definition) is 4. The average Bonchev–Trinajstić information content (AvgIpc) is 2.77. The zero-order valence-corrected chi connectivity index (χ0v) is 11.0. The molecule has 1 aromatic carbocycles. The number of fused-ring (bicyclic) bond motifs is 1. The molecular weight excluding hydrogens is 244 g/mol. The highest BCUT2D eigenvalue weighted by atomic mass is 16.6. The Balaban J connectivity index is 1.80. The maximum atomic E-state index is 10.7. The summed E-state index contributed by atoms with van der Waals surface area (Å²) in [6.07, 6.45) is 5.07. The lowest BCUT2D eigenvalue weighted by molar-refractivity contribution is -0.384. The summed E-state index contributed by atoms with van der Waals surface area (Å²) in [5, 5.41) is 10.7. The van der Waals surface area contributed by atoms with Crippen molar-refractivity contribution in [3.8, 4) is 0 Å². The van der Waals surface area contributed by atoms with Crippen LogP contribution >= 0.6 is 0 Å². The zero-order chi connectivity index (χ0) is 13.4. The summed E-state index contributed by atoms with van der Waals surface area (Å²) < 4.78 is 6.12. The van der Waals surface area contributed by atoms with Crippen LogP contribution in [0.1, 0.15) is 37.5 Å². The molecule has 5 nitrogen and oxygen atoms in total. The topological polar surface area (TPSA) is 55.6 Å². The molecule has 1 saturated carbocycles. The summed E-state index contributed by atoms with van der Waals surface area (Å²) >= 11 is 0. The third-order valence-electron chi connectivity index (χ3n) is 4.25. The predicted molar refractivity (Wildman–Crippen MR) is 70.7 cm³/mol. The molecule has 0 unspecified atom stereocenters. The maximum absolute atomic E-state index is 10.7. The van der Waals surface area contributed by atoms with E-state index in [9.17, 15) is 10.1 Å². The Bertz CT molecular complexity index is 474. The van der Waals surface area contributed by atoms with Crippen LogP contribution in [0.3, 0.4) is 0 Å². The average molecular weight is 262 g/mol. The molecule has 0 N–H and O–H groups in total. The monoisotopic (exact) mass is 262 g/mol. The van der Waals surface area contributed by atoms with Crippen LogP contribution in [0.25, 0.3) is 0 Å². The second-order valence-corrected chi connectivity index (χ2v) is 5.39. The van der Waals surface area contributed by atoms with E-state index in [1.807, 2.05) is 0 Å². The van der Waals surface area contributed by atoms with E-state index >= 15 is 0 Å². The van der Waals surface area contributed by atoms with Gasteiger partial charge in [-0.1, -0.05) is 12.8 Å². The summed E-state index contributed by atoms with van der Waals surface area (Å²) in [6, 6.07) is 7.20. The molecule has 0 bridgehead atoms. The number of likely N-dealkylation sites (N-methyl/N-ethyl adjacent to an activating group) is 1. The minimum Gasteiger partial charge on any atom is -0.354 e. The van der Waals surface area contributed by atoms with Gasteiger partial charge in [-0.05, 0) is 37.6 Å². The van der Waals surface area contributed by atoms with E-state index in [-0.39, 0.29) is 16.8 Å². The van der Waals surface area contributed by atoms with Crippen LogP contribution < -0.4 is 0 Å².